The highest BCUT2D eigenvalue weighted by molar-refractivity contribution is 5.91. The molecular weight excluding hydrogens is 376 g/mol. The van der Waals surface area contributed by atoms with Crippen molar-refractivity contribution in [2.75, 3.05) is 11.9 Å². The van der Waals surface area contributed by atoms with E-state index < -0.39 is 10.8 Å². The van der Waals surface area contributed by atoms with Gasteiger partial charge in [-0.2, -0.15) is 5.10 Å². The van der Waals surface area contributed by atoms with Crippen LogP contribution in [0.15, 0.2) is 48.5 Å². The summed E-state index contributed by atoms with van der Waals surface area (Å²) >= 11 is 0. The van der Waals surface area contributed by atoms with Crippen molar-refractivity contribution in [1.82, 2.24) is 9.78 Å². The molecule has 148 valence electrons. The molecule has 3 rings (SSSR count). The molecule has 0 atom stereocenters. The van der Waals surface area contributed by atoms with Gasteiger partial charge in [0.1, 0.15) is 11.6 Å². The smallest absolute Gasteiger partial charge is 0.270 e. The summed E-state index contributed by atoms with van der Waals surface area (Å²) in [6, 6.07) is 13.0. The molecule has 0 aliphatic carbocycles. The molecule has 1 N–H and O–H groups in total. The summed E-state index contributed by atoms with van der Waals surface area (Å²) in [5.41, 5.74) is 2.37. The van der Waals surface area contributed by atoms with Gasteiger partial charge in [0.15, 0.2) is 12.9 Å². The van der Waals surface area contributed by atoms with E-state index in [2.05, 4.69) is 10.4 Å². The minimum absolute atomic E-state index is 0.00691. The molecule has 1 aromatic heterocycles. The molecule has 1 amide bonds. The third-order valence-electron chi connectivity index (χ3n) is 4.07. The lowest BCUT2D eigenvalue weighted by atomic mass is 10.2. The number of anilines is 1. The van der Waals surface area contributed by atoms with Crippen molar-refractivity contribution in [2.45, 2.75) is 13.8 Å². The Bertz CT molecular complexity index is 1070. The molecule has 0 unspecified atom stereocenters. The van der Waals surface area contributed by atoms with Crippen LogP contribution < -0.4 is 10.1 Å². The predicted octanol–water partition coefficient (Wildman–Crippen LogP) is 3.23. The highest BCUT2D eigenvalue weighted by Crippen LogP contribution is 2.23. The van der Waals surface area contributed by atoms with E-state index in [-0.39, 0.29) is 23.6 Å². The topological polar surface area (TPSA) is 116 Å². The molecule has 0 saturated heterocycles. The summed E-state index contributed by atoms with van der Waals surface area (Å²) in [5.74, 6) is 0.0942. The molecule has 3 aromatic rings. The number of aromatic nitrogens is 2. The number of nitrogens with zero attached hydrogens (tertiary/aromatic N) is 3. The maximum absolute atomic E-state index is 12.3. The van der Waals surface area contributed by atoms with E-state index in [9.17, 15) is 19.7 Å². The minimum Gasteiger partial charge on any atom is -0.483 e. The van der Waals surface area contributed by atoms with Crippen LogP contribution in [0.25, 0.3) is 5.69 Å². The van der Waals surface area contributed by atoms with Crippen molar-refractivity contribution in [3.05, 3.63) is 75.5 Å². The molecule has 0 aliphatic rings. The average molecular weight is 394 g/mol. The van der Waals surface area contributed by atoms with Gasteiger partial charge in [-0.25, -0.2) is 4.68 Å². The van der Waals surface area contributed by atoms with Crippen LogP contribution in [-0.2, 0) is 4.79 Å². The summed E-state index contributed by atoms with van der Waals surface area (Å²) < 4.78 is 6.98. The van der Waals surface area contributed by atoms with E-state index >= 15 is 0 Å². The van der Waals surface area contributed by atoms with Gasteiger partial charge in [0.05, 0.1) is 21.9 Å². The standard InChI is InChI=1S/C20H18N4O5/c1-13-3-5-16(6-4-13)23-19(9-14(2)22-23)21-20(26)12-29-18-8-7-17(24(27)28)10-15(18)11-25/h3-11H,12H2,1-2H3,(H,21,26). The lowest BCUT2D eigenvalue weighted by Gasteiger charge is -2.11. The molecule has 0 spiro atoms. The number of nitro groups is 1. The number of aldehydes is 1. The Hall–Kier alpha value is -4.01. The second-order valence-electron chi connectivity index (χ2n) is 6.35. The van der Waals surface area contributed by atoms with Gasteiger partial charge >= 0.3 is 0 Å². The second-order valence-corrected chi connectivity index (χ2v) is 6.35. The molecule has 9 heteroatoms. The number of nitrogens with one attached hydrogen (secondary N) is 1. The highest BCUT2D eigenvalue weighted by atomic mass is 16.6. The number of benzene rings is 2. The van der Waals surface area contributed by atoms with E-state index in [1.807, 2.05) is 38.1 Å². The fraction of sp³-hybridized carbons (Fsp3) is 0.150. The normalized spacial score (nSPS) is 10.4. The van der Waals surface area contributed by atoms with Crippen LogP contribution in [0.2, 0.25) is 0 Å². The largest absolute Gasteiger partial charge is 0.483 e. The second kappa shape index (κ2) is 8.34. The first-order valence-corrected chi connectivity index (χ1v) is 8.67. The zero-order valence-electron chi connectivity index (χ0n) is 15.8. The lowest BCUT2D eigenvalue weighted by molar-refractivity contribution is -0.384. The van der Waals surface area contributed by atoms with Crippen LogP contribution >= 0.6 is 0 Å². The van der Waals surface area contributed by atoms with E-state index in [0.717, 1.165) is 23.0 Å². The van der Waals surface area contributed by atoms with Crippen LogP contribution in [0.1, 0.15) is 21.6 Å². The predicted molar refractivity (Wildman–Crippen MR) is 106 cm³/mol. The van der Waals surface area contributed by atoms with Crippen molar-refractivity contribution in [3.63, 3.8) is 0 Å². The molecule has 0 aliphatic heterocycles. The van der Waals surface area contributed by atoms with Gasteiger partial charge < -0.3 is 10.1 Å². The number of non-ortho nitro benzene ring substituents is 1. The fourth-order valence-corrected chi connectivity index (χ4v) is 2.67. The zero-order chi connectivity index (χ0) is 21.0. The van der Waals surface area contributed by atoms with Gasteiger partial charge in [-0.3, -0.25) is 19.7 Å². The number of aryl methyl sites for hydroxylation is 2. The number of ether oxygens (including phenoxy) is 1. The summed E-state index contributed by atoms with van der Waals surface area (Å²) in [4.78, 5) is 33.7. The van der Waals surface area contributed by atoms with Crippen LogP contribution in [-0.4, -0.2) is 33.5 Å². The molecule has 9 nitrogen and oxygen atoms in total. The Kier molecular flexibility index (Phi) is 5.68. The first-order valence-electron chi connectivity index (χ1n) is 8.67. The Morgan fingerprint density at radius 3 is 2.59 bits per heavy atom. The van der Waals surface area contributed by atoms with Crippen molar-refractivity contribution in [2.24, 2.45) is 0 Å². The maximum atomic E-state index is 12.3. The van der Waals surface area contributed by atoms with Gasteiger partial charge in [-0.15, -0.1) is 0 Å². The molecule has 29 heavy (non-hydrogen) atoms. The van der Waals surface area contributed by atoms with E-state index in [1.54, 1.807) is 10.7 Å². The van der Waals surface area contributed by atoms with E-state index in [1.165, 1.54) is 12.1 Å². The molecular formula is C20H18N4O5. The molecule has 0 radical (unpaired) electrons. The van der Waals surface area contributed by atoms with Crippen molar-refractivity contribution < 1.29 is 19.2 Å². The average Bonchev–Trinajstić information content (AvgIpc) is 3.06. The van der Waals surface area contributed by atoms with Crippen molar-refractivity contribution >= 4 is 23.7 Å². The summed E-state index contributed by atoms with van der Waals surface area (Å²) in [6.45, 7) is 3.41. The van der Waals surface area contributed by atoms with Gasteiger partial charge in [-0.05, 0) is 32.0 Å². The third-order valence-corrected chi connectivity index (χ3v) is 4.07. The van der Waals surface area contributed by atoms with Crippen LogP contribution in [0.3, 0.4) is 0 Å². The van der Waals surface area contributed by atoms with E-state index in [0.29, 0.717) is 12.1 Å². The summed E-state index contributed by atoms with van der Waals surface area (Å²) in [6.07, 6.45) is 0.441. The number of carbonyl (C=O) groups excluding carboxylic acids is 2. The van der Waals surface area contributed by atoms with Crippen LogP contribution in [0.5, 0.6) is 5.75 Å². The molecule has 0 fully saturated rings. The first-order chi connectivity index (χ1) is 13.9. The fourth-order valence-electron chi connectivity index (χ4n) is 2.67. The van der Waals surface area contributed by atoms with Crippen molar-refractivity contribution in [1.29, 1.82) is 0 Å². The Morgan fingerprint density at radius 1 is 1.21 bits per heavy atom. The Morgan fingerprint density at radius 2 is 1.93 bits per heavy atom. The molecule has 1 heterocycles. The number of rotatable bonds is 7. The SMILES string of the molecule is Cc1ccc(-n2nc(C)cc2NC(=O)COc2ccc([N+](=O)[O-])cc2C=O)cc1. The lowest BCUT2D eigenvalue weighted by Crippen LogP contribution is -2.22. The van der Waals surface area contributed by atoms with Gasteiger partial charge in [-0.1, -0.05) is 17.7 Å². The minimum atomic E-state index is -0.613. The Labute approximate surface area is 166 Å². The monoisotopic (exact) mass is 394 g/mol. The number of nitro benzene ring substituents is 1. The number of carbonyl (C=O) groups is 2. The Balaban J connectivity index is 1.71. The highest BCUT2D eigenvalue weighted by Gasteiger charge is 2.14. The molecule has 0 saturated carbocycles. The van der Waals surface area contributed by atoms with Gasteiger partial charge in [0.25, 0.3) is 11.6 Å². The summed E-state index contributed by atoms with van der Waals surface area (Å²) in [7, 11) is 0. The maximum Gasteiger partial charge on any atom is 0.270 e. The first kappa shape index (κ1) is 19.7. The van der Waals surface area contributed by atoms with Gasteiger partial charge in [0.2, 0.25) is 0 Å². The number of hydrogen-bond acceptors (Lipinski definition) is 6. The van der Waals surface area contributed by atoms with E-state index in [4.69, 9.17) is 4.74 Å². The molecule has 2 aromatic carbocycles. The third kappa shape index (κ3) is 4.64. The van der Waals surface area contributed by atoms with Crippen LogP contribution in [0, 0.1) is 24.0 Å². The number of amides is 1. The summed E-state index contributed by atoms with van der Waals surface area (Å²) in [5, 5.41) is 17.9. The van der Waals surface area contributed by atoms with Gasteiger partial charge in [0, 0.05) is 18.2 Å². The quantitative estimate of drug-likeness (QED) is 0.374. The molecule has 0 bridgehead atoms. The number of hydrogen-bond donors (Lipinski definition) is 1. The zero-order valence-corrected chi connectivity index (χ0v) is 15.8. The van der Waals surface area contributed by atoms with Crippen molar-refractivity contribution in [3.8, 4) is 11.4 Å². The van der Waals surface area contributed by atoms with Crippen LogP contribution in [0.4, 0.5) is 11.5 Å².